The van der Waals surface area contributed by atoms with Gasteiger partial charge in [0.25, 0.3) is 0 Å². The summed E-state index contributed by atoms with van der Waals surface area (Å²) in [7, 11) is 0. The first kappa shape index (κ1) is 15.0. The van der Waals surface area contributed by atoms with E-state index in [4.69, 9.17) is 0 Å². The zero-order chi connectivity index (χ0) is 13.1. The third kappa shape index (κ3) is 4.62. The number of rotatable bonds is 4. The molecule has 17 heavy (non-hydrogen) atoms. The molecule has 1 aliphatic carbocycles. The topological polar surface area (TPSA) is 12.0 Å². The molecule has 1 nitrogen and oxygen atoms in total. The molecule has 0 heterocycles. The van der Waals surface area contributed by atoms with Crippen LogP contribution in [0.1, 0.15) is 67.2 Å². The average molecular weight is 239 g/mol. The van der Waals surface area contributed by atoms with Crippen LogP contribution in [0.5, 0.6) is 0 Å². The van der Waals surface area contributed by atoms with E-state index in [2.05, 4.69) is 46.9 Å². The van der Waals surface area contributed by atoms with Crippen LogP contribution in [0.4, 0.5) is 0 Å². The van der Waals surface area contributed by atoms with E-state index in [1.165, 1.54) is 32.2 Å². The Morgan fingerprint density at radius 2 is 1.76 bits per heavy atom. The van der Waals surface area contributed by atoms with Gasteiger partial charge in [-0.3, -0.25) is 0 Å². The molecule has 1 aliphatic rings. The zero-order valence-corrected chi connectivity index (χ0v) is 12.8. The second kappa shape index (κ2) is 6.22. The van der Waals surface area contributed by atoms with E-state index in [0.717, 1.165) is 17.8 Å². The maximum absolute atomic E-state index is 3.63. The molecule has 3 unspecified atom stereocenters. The molecular formula is C16H33N. The van der Waals surface area contributed by atoms with E-state index in [1.54, 1.807) is 0 Å². The molecule has 0 aliphatic heterocycles. The van der Waals surface area contributed by atoms with Gasteiger partial charge in [-0.1, -0.05) is 48.0 Å². The third-order valence-electron chi connectivity index (χ3n) is 4.68. The van der Waals surface area contributed by atoms with Crippen molar-refractivity contribution in [3.63, 3.8) is 0 Å². The lowest BCUT2D eigenvalue weighted by atomic mass is 9.65. The molecule has 0 aromatic rings. The van der Waals surface area contributed by atoms with Crippen molar-refractivity contribution in [1.82, 2.24) is 5.32 Å². The number of hydrogen-bond acceptors (Lipinski definition) is 1. The first-order valence-electron chi connectivity index (χ1n) is 7.58. The van der Waals surface area contributed by atoms with E-state index in [-0.39, 0.29) is 0 Å². The minimum Gasteiger partial charge on any atom is -0.314 e. The third-order valence-corrected chi connectivity index (χ3v) is 4.68. The van der Waals surface area contributed by atoms with Crippen molar-refractivity contribution in [3.05, 3.63) is 0 Å². The normalized spacial score (nSPS) is 30.9. The standard InChI is InChI=1S/C16H33N/c1-7-13-10-15(16(4,5)6)9-8-14(13)11-17-12(2)3/h12-15,17H,7-11H2,1-6H3. The lowest BCUT2D eigenvalue weighted by Crippen LogP contribution is -2.38. The molecule has 1 rings (SSSR count). The molecule has 102 valence electrons. The Labute approximate surface area is 109 Å². The van der Waals surface area contributed by atoms with Crippen molar-refractivity contribution in [2.45, 2.75) is 73.3 Å². The monoisotopic (exact) mass is 239 g/mol. The Morgan fingerprint density at radius 1 is 1.12 bits per heavy atom. The van der Waals surface area contributed by atoms with Crippen LogP contribution in [0.15, 0.2) is 0 Å². The maximum Gasteiger partial charge on any atom is 0.00104 e. The van der Waals surface area contributed by atoms with Crippen molar-refractivity contribution in [1.29, 1.82) is 0 Å². The first-order valence-corrected chi connectivity index (χ1v) is 7.58. The predicted octanol–water partition coefficient (Wildman–Crippen LogP) is 4.47. The fourth-order valence-electron chi connectivity index (χ4n) is 3.27. The molecule has 1 heteroatoms. The van der Waals surface area contributed by atoms with Crippen LogP contribution >= 0.6 is 0 Å². The molecule has 0 spiro atoms. The Bertz CT molecular complexity index is 214. The van der Waals surface area contributed by atoms with Crippen LogP contribution in [0.3, 0.4) is 0 Å². The molecule has 0 radical (unpaired) electrons. The molecule has 0 saturated heterocycles. The number of hydrogen-bond donors (Lipinski definition) is 1. The molecule has 0 bridgehead atoms. The lowest BCUT2D eigenvalue weighted by molar-refractivity contribution is 0.0942. The van der Waals surface area contributed by atoms with Gasteiger partial charge in [-0.05, 0) is 49.0 Å². The van der Waals surface area contributed by atoms with Crippen LogP contribution in [0.2, 0.25) is 0 Å². The second-order valence-electron chi connectivity index (χ2n) is 7.37. The minimum atomic E-state index is 0.504. The van der Waals surface area contributed by atoms with Gasteiger partial charge in [0.1, 0.15) is 0 Å². The molecule has 1 fully saturated rings. The van der Waals surface area contributed by atoms with Crippen molar-refractivity contribution >= 4 is 0 Å². The Balaban J connectivity index is 2.50. The molecule has 1 saturated carbocycles. The molecule has 0 aromatic carbocycles. The van der Waals surface area contributed by atoms with Crippen molar-refractivity contribution < 1.29 is 0 Å². The van der Waals surface area contributed by atoms with Crippen molar-refractivity contribution in [2.24, 2.45) is 23.2 Å². The van der Waals surface area contributed by atoms with E-state index in [9.17, 15) is 0 Å². The van der Waals surface area contributed by atoms with Crippen LogP contribution in [0.25, 0.3) is 0 Å². The van der Waals surface area contributed by atoms with Gasteiger partial charge in [-0.2, -0.15) is 0 Å². The Hall–Kier alpha value is -0.0400. The zero-order valence-electron chi connectivity index (χ0n) is 12.8. The van der Waals surface area contributed by atoms with Gasteiger partial charge in [-0.25, -0.2) is 0 Å². The quantitative estimate of drug-likeness (QED) is 0.763. The Morgan fingerprint density at radius 3 is 2.24 bits per heavy atom. The van der Waals surface area contributed by atoms with Gasteiger partial charge in [0.05, 0.1) is 0 Å². The van der Waals surface area contributed by atoms with Gasteiger partial charge in [0.15, 0.2) is 0 Å². The smallest absolute Gasteiger partial charge is 0.00104 e. The summed E-state index contributed by atoms with van der Waals surface area (Å²) in [5, 5.41) is 3.63. The first-order chi connectivity index (χ1) is 7.84. The summed E-state index contributed by atoms with van der Waals surface area (Å²) in [6, 6.07) is 0.632. The van der Waals surface area contributed by atoms with Gasteiger partial charge < -0.3 is 5.32 Å². The van der Waals surface area contributed by atoms with Crippen LogP contribution in [-0.2, 0) is 0 Å². The molecular weight excluding hydrogens is 206 g/mol. The lowest BCUT2D eigenvalue weighted by Gasteiger charge is -2.42. The van der Waals surface area contributed by atoms with Crippen LogP contribution in [0, 0.1) is 23.2 Å². The van der Waals surface area contributed by atoms with E-state index >= 15 is 0 Å². The summed E-state index contributed by atoms with van der Waals surface area (Å²) < 4.78 is 0. The summed E-state index contributed by atoms with van der Waals surface area (Å²) in [6.07, 6.45) is 5.67. The van der Waals surface area contributed by atoms with Crippen molar-refractivity contribution in [3.8, 4) is 0 Å². The summed E-state index contributed by atoms with van der Waals surface area (Å²) in [5.74, 6) is 2.79. The summed E-state index contributed by atoms with van der Waals surface area (Å²) >= 11 is 0. The van der Waals surface area contributed by atoms with Gasteiger partial charge in [0, 0.05) is 6.04 Å². The molecule has 0 aromatic heterocycles. The van der Waals surface area contributed by atoms with Gasteiger partial charge >= 0.3 is 0 Å². The van der Waals surface area contributed by atoms with Crippen LogP contribution < -0.4 is 5.32 Å². The minimum absolute atomic E-state index is 0.504. The molecule has 3 atom stereocenters. The summed E-state index contributed by atoms with van der Waals surface area (Å²) in [5.41, 5.74) is 0.504. The van der Waals surface area contributed by atoms with E-state index in [0.29, 0.717) is 11.5 Å². The maximum atomic E-state index is 3.63. The SMILES string of the molecule is CCC1CC(C(C)(C)C)CCC1CNC(C)C. The fourth-order valence-corrected chi connectivity index (χ4v) is 3.27. The highest BCUT2D eigenvalue weighted by Crippen LogP contribution is 2.43. The molecule has 0 amide bonds. The van der Waals surface area contributed by atoms with Crippen molar-refractivity contribution in [2.75, 3.05) is 6.54 Å². The molecule has 1 N–H and O–H groups in total. The largest absolute Gasteiger partial charge is 0.314 e. The average Bonchev–Trinajstić information content (AvgIpc) is 2.24. The Kier molecular flexibility index (Phi) is 5.50. The highest BCUT2D eigenvalue weighted by molar-refractivity contribution is 4.86. The van der Waals surface area contributed by atoms with E-state index in [1.807, 2.05) is 0 Å². The number of nitrogens with one attached hydrogen (secondary N) is 1. The summed E-state index contributed by atoms with van der Waals surface area (Å²) in [6.45, 7) is 15.3. The summed E-state index contributed by atoms with van der Waals surface area (Å²) in [4.78, 5) is 0. The van der Waals surface area contributed by atoms with E-state index < -0.39 is 0 Å². The highest BCUT2D eigenvalue weighted by Gasteiger charge is 2.34. The fraction of sp³-hybridized carbons (Fsp3) is 1.00. The highest BCUT2D eigenvalue weighted by atomic mass is 14.9. The van der Waals surface area contributed by atoms with Gasteiger partial charge in [0.2, 0.25) is 0 Å². The van der Waals surface area contributed by atoms with Gasteiger partial charge in [-0.15, -0.1) is 0 Å². The van der Waals surface area contributed by atoms with Crippen LogP contribution in [-0.4, -0.2) is 12.6 Å². The predicted molar refractivity (Wildman–Crippen MR) is 77.2 cm³/mol. The second-order valence-corrected chi connectivity index (χ2v) is 7.37.